The molecule has 0 radical (unpaired) electrons. The van der Waals surface area contributed by atoms with Crippen LogP contribution in [0.5, 0.6) is 0 Å². The number of rotatable bonds is 6. The van der Waals surface area contributed by atoms with E-state index in [1.54, 1.807) is 16.9 Å². The molecule has 6 heteroatoms. The number of carbonyl (C=O) groups is 1. The van der Waals surface area contributed by atoms with Crippen LogP contribution in [-0.2, 0) is 11.2 Å². The number of ketones is 1. The highest BCUT2D eigenvalue weighted by atomic mass is 35.5. The molecule has 0 aliphatic heterocycles. The van der Waals surface area contributed by atoms with Gasteiger partial charge in [0.05, 0.1) is 18.2 Å². The Kier molecular flexibility index (Phi) is 4.62. The summed E-state index contributed by atoms with van der Waals surface area (Å²) in [7, 11) is 0. The Morgan fingerprint density at radius 2 is 2.12 bits per heavy atom. The summed E-state index contributed by atoms with van der Waals surface area (Å²) in [4.78, 5) is 11.0. The third-order valence-electron chi connectivity index (χ3n) is 2.64. The van der Waals surface area contributed by atoms with Gasteiger partial charge in [-0.1, -0.05) is 13.8 Å². The minimum atomic E-state index is -3.81. The minimum absolute atomic E-state index is 0.232. The van der Waals surface area contributed by atoms with Crippen molar-refractivity contribution in [3.8, 4) is 0 Å². The van der Waals surface area contributed by atoms with Gasteiger partial charge < -0.3 is 0 Å². The first-order chi connectivity index (χ1) is 7.88. The monoisotopic (exact) mass is 264 g/mol. The third kappa shape index (κ3) is 3.77. The van der Waals surface area contributed by atoms with Crippen LogP contribution in [0.15, 0.2) is 12.3 Å². The lowest BCUT2D eigenvalue weighted by molar-refractivity contribution is -0.132. The molecule has 0 aliphatic rings. The molecule has 0 spiro atoms. The molecule has 0 aromatic carbocycles. The zero-order valence-electron chi connectivity index (χ0n) is 9.79. The van der Waals surface area contributed by atoms with Crippen molar-refractivity contribution in [1.82, 2.24) is 9.78 Å². The van der Waals surface area contributed by atoms with Crippen molar-refractivity contribution in [3.63, 3.8) is 0 Å². The number of nitrogens with zero attached hydrogens (tertiary/aromatic N) is 2. The van der Waals surface area contributed by atoms with Crippen LogP contribution in [-0.4, -0.2) is 20.9 Å². The second-order valence-corrected chi connectivity index (χ2v) is 4.33. The molecule has 0 saturated heterocycles. The average molecular weight is 265 g/mol. The summed E-state index contributed by atoms with van der Waals surface area (Å²) in [5, 5.41) is 0.303. The molecule has 0 unspecified atom stereocenters. The number of hydrogen-bond donors (Lipinski definition) is 0. The van der Waals surface area contributed by atoms with Crippen LogP contribution in [0, 0.1) is 0 Å². The molecule has 1 rings (SSSR count). The van der Waals surface area contributed by atoms with E-state index < -0.39 is 17.6 Å². The van der Waals surface area contributed by atoms with Gasteiger partial charge in [0.1, 0.15) is 0 Å². The number of carbonyl (C=O) groups excluding carboxylic acids is 1. The van der Waals surface area contributed by atoms with Crippen molar-refractivity contribution >= 4 is 17.4 Å². The Morgan fingerprint density at radius 1 is 1.53 bits per heavy atom. The maximum atomic E-state index is 12.5. The molecule has 0 N–H and O–H groups in total. The molecule has 3 nitrogen and oxygen atoms in total. The van der Waals surface area contributed by atoms with E-state index in [1.165, 1.54) is 0 Å². The molecule has 1 aromatic rings. The summed E-state index contributed by atoms with van der Waals surface area (Å²) in [5.74, 6) is -1.33. The van der Waals surface area contributed by atoms with Crippen LogP contribution in [0.1, 0.15) is 38.4 Å². The fourth-order valence-corrected chi connectivity index (χ4v) is 1.67. The summed E-state index contributed by atoms with van der Waals surface area (Å²) >= 11 is 4.64. The van der Waals surface area contributed by atoms with Crippen LogP contribution >= 0.6 is 11.6 Å². The van der Waals surface area contributed by atoms with Crippen molar-refractivity contribution in [3.05, 3.63) is 18.0 Å². The number of halogens is 3. The van der Waals surface area contributed by atoms with Gasteiger partial charge in [0.15, 0.2) is 0 Å². The van der Waals surface area contributed by atoms with Crippen molar-refractivity contribution in [1.29, 1.82) is 0 Å². The Balaban J connectivity index is 2.72. The first kappa shape index (κ1) is 14.1. The normalized spacial score (nSPS) is 12.1. The molecule has 1 aromatic heterocycles. The predicted molar refractivity (Wildman–Crippen MR) is 61.4 cm³/mol. The standard InChI is InChI=1S/C11H15ClF2N2O/c1-3-9(4-2)16-6-5-8(15-16)7-10(17)11(12,13)14/h5-6,9H,3-4,7H2,1-2H3. The molecule has 17 heavy (non-hydrogen) atoms. The summed E-state index contributed by atoms with van der Waals surface area (Å²) in [5.41, 5.74) is 0.322. The first-order valence-electron chi connectivity index (χ1n) is 5.52. The van der Waals surface area contributed by atoms with Crippen LogP contribution in [0.25, 0.3) is 0 Å². The lowest BCUT2D eigenvalue weighted by atomic mass is 10.2. The fourth-order valence-electron chi connectivity index (χ4n) is 1.60. The van der Waals surface area contributed by atoms with E-state index in [0.717, 1.165) is 12.8 Å². The molecular formula is C11H15ClF2N2O. The number of alkyl halides is 3. The van der Waals surface area contributed by atoms with Crippen LogP contribution < -0.4 is 0 Å². The van der Waals surface area contributed by atoms with Gasteiger partial charge >= 0.3 is 5.38 Å². The topological polar surface area (TPSA) is 34.9 Å². The zero-order chi connectivity index (χ0) is 13.1. The highest BCUT2D eigenvalue weighted by Gasteiger charge is 2.35. The second kappa shape index (κ2) is 5.58. The predicted octanol–water partition coefficient (Wildman–Crippen LogP) is 3.19. The maximum Gasteiger partial charge on any atom is 0.380 e. The van der Waals surface area contributed by atoms with Gasteiger partial charge in [-0.05, 0) is 30.5 Å². The lowest BCUT2D eigenvalue weighted by Crippen LogP contribution is -2.23. The summed E-state index contributed by atoms with van der Waals surface area (Å²) in [6.45, 7) is 4.04. The SMILES string of the molecule is CCC(CC)n1ccc(CC(=O)C(F)(F)Cl)n1. The molecule has 0 bridgehead atoms. The van der Waals surface area contributed by atoms with Crippen LogP contribution in [0.4, 0.5) is 8.78 Å². The molecular weight excluding hydrogens is 250 g/mol. The van der Waals surface area contributed by atoms with E-state index in [2.05, 4.69) is 16.7 Å². The van der Waals surface area contributed by atoms with Gasteiger partial charge in [0.25, 0.3) is 0 Å². The highest BCUT2D eigenvalue weighted by molar-refractivity contribution is 6.32. The van der Waals surface area contributed by atoms with E-state index >= 15 is 0 Å². The van der Waals surface area contributed by atoms with Gasteiger partial charge in [-0.15, -0.1) is 0 Å². The zero-order valence-corrected chi connectivity index (χ0v) is 10.5. The Bertz CT molecular complexity index is 383. The third-order valence-corrected chi connectivity index (χ3v) is 2.85. The Morgan fingerprint density at radius 3 is 2.59 bits per heavy atom. The smallest absolute Gasteiger partial charge is 0.291 e. The lowest BCUT2D eigenvalue weighted by Gasteiger charge is -2.12. The Hall–Kier alpha value is -0.970. The molecule has 1 heterocycles. The van der Waals surface area contributed by atoms with E-state index in [0.29, 0.717) is 5.69 Å². The quantitative estimate of drug-likeness (QED) is 0.740. The van der Waals surface area contributed by atoms with Crippen molar-refractivity contribution in [2.75, 3.05) is 0 Å². The van der Waals surface area contributed by atoms with Crippen molar-refractivity contribution < 1.29 is 13.6 Å². The van der Waals surface area contributed by atoms with Crippen LogP contribution in [0.2, 0.25) is 0 Å². The molecule has 0 fully saturated rings. The van der Waals surface area contributed by atoms with E-state index in [-0.39, 0.29) is 6.04 Å². The van der Waals surface area contributed by atoms with E-state index in [4.69, 9.17) is 0 Å². The molecule has 0 atom stereocenters. The largest absolute Gasteiger partial charge is 0.380 e. The molecule has 0 saturated carbocycles. The second-order valence-electron chi connectivity index (χ2n) is 3.86. The van der Waals surface area contributed by atoms with Gasteiger partial charge in [-0.2, -0.15) is 13.9 Å². The van der Waals surface area contributed by atoms with Crippen LogP contribution in [0.3, 0.4) is 0 Å². The fraction of sp³-hybridized carbons (Fsp3) is 0.636. The van der Waals surface area contributed by atoms with E-state index in [1.807, 2.05) is 13.8 Å². The van der Waals surface area contributed by atoms with Gasteiger partial charge in [0, 0.05) is 6.20 Å². The van der Waals surface area contributed by atoms with Gasteiger partial charge in [0.2, 0.25) is 5.78 Å². The molecule has 96 valence electrons. The number of Topliss-reactive ketones (excluding diaryl/α,β-unsaturated/α-hetero) is 1. The Labute approximate surface area is 104 Å². The molecule has 0 amide bonds. The summed E-state index contributed by atoms with van der Waals surface area (Å²) in [6.07, 6.45) is 3.06. The van der Waals surface area contributed by atoms with Gasteiger partial charge in [-0.25, -0.2) is 0 Å². The van der Waals surface area contributed by atoms with E-state index in [9.17, 15) is 13.6 Å². The summed E-state index contributed by atoms with van der Waals surface area (Å²) in [6, 6.07) is 1.80. The number of hydrogen-bond acceptors (Lipinski definition) is 2. The van der Waals surface area contributed by atoms with Gasteiger partial charge in [-0.3, -0.25) is 9.48 Å². The first-order valence-corrected chi connectivity index (χ1v) is 5.90. The minimum Gasteiger partial charge on any atom is -0.291 e. The van der Waals surface area contributed by atoms with Crippen molar-refractivity contribution in [2.45, 2.75) is 44.5 Å². The average Bonchev–Trinajstić information content (AvgIpc) is 2.67. The number of aromatic nitrogens is 2. The molecule has 0 aliphatic carbocycles. The summed E-state index contributed by atoms with van der Waals surface area (Å²) < 4.78 is 26.7. The highest BCUT2D eigenvalue weighted by Crippen LogP contribution is 2.22. The van der Waals surface area contributed by atoms with Crippen molar-refractivity contribution in [2.24, 2.45) is 0 Å². The maximum absolute atomic E-state index is 12.5.